The third-order valence-corrected chi connectivity index (χ3v) is 4.97. The van der Waals surface area contributed by atoms with Gasteiger partial charge in [0.15, 0.2) is 0 Å². The largest absolute Gasteiger partial charge is 0.348 e. The Bertz CT molecular complexity index is 914. The van der Waals surface area contributed by atoms with Gasteiger partial charge in [-0.15, -0.1) is 0 Å². The molecule has 7 heteroatoms. The molecule has 1 amide bonds. The van der Waals surface area contributed by atoms with Crippen molar-refractivity contribution in [2.75, 3.05) is 13.1 Å². The van der Waals surface area contributed by atoms with Crippen LogP contribution in [0.2, 0.25) is 0 Å². The molecule has 1 aliphatic rings. The molecule has 1 atom stereocenters. The predicted molar refractivity (Wildman–Crippen MR) is 95.2 cm³/mol. The van der Waals surface area contributed by atoms with Gasteiger partial charge in [0.05, 0.1) is 12.5 Å². The van der Waals surface area contributed by atoms with Gasteiger partial charge in [-0.1, -0.05) is 12.1 Å². The highest BCUT2D eigenvalue weighted by atomic mass is 19.1. The van der Waals surface area contributed by atoms with E-state index in [1.165, 1.54) is 12.1 Å². The molecule has 0 spiro atoms. The molecule has 1 saturated heterocycles. The van der Waals surface area contributed by atoms with Crippen molar-refractivity contribution in [1.82, 2.24) is 25.1 Å². The van der Waals surface area contributed by atoms with E-state index in [4.69, 9.17) is 0 Å². The Hall–Kier alpha value is -2.96. The summed E-state index contributed by atoms with van der Waals surface area (Å²) in [4.78, 5) is 21.7. The van der Waals surface area contributed by atoms with Crippen LogP contribution in [0.15, 0.2) is 36.8 Å². The van der Waals surface area contributed by atoms with E-state index in [1.54, 1.807) is 24.7 Å². The highest BCUT2D eigenvalue weighted by Crippen LogP contribution is 2.33. The first-order chi connectivity index (χ1) is 12.6. The molecule has 26 heavy (non-hydrogen) atoms. The van der Waals surface area contributed by atoms with Gasteiger partial charge >= 0.3 is 0 Å². The molecule has 0 saturated carbocycles. The van der Waals surface area contributed by atoms with Crippen LogP contribution in [-0.4, -0.2) is 44.1 Å². The van der Waals surface area contributed by atoms with Gasteiger partial charge in [0.1, 0.15) is 11.5 Å². The molecular formula is C19H20FN5O. The quantitative estimate of drug-likeness (QED) is 0.759. The van der Waals surface area contributed by atoms with E-state index in [0.717, 1.165) is 41.9 Å². The van der Waals surface area contributed by atoms with Gasteiger partial charge < -0.3 is 9.88 Å². The Morgan fingerprint density at radius 2 is 2.12 bits per heavy atom. The SMILES string of the molecule is Cc1[nH]cnc1C(=O)N1CCC[C@@H](c2[nH]ncc2-c2ccc(F)cc2)C1. The number of nitrogens with one attached hydrogen (secondary N) is 2. The van der Waals surface area contributed by atoms with Gasteiger partial charge in [0.2, 0.25) is 0 Å². The van der Waals surface area contributed by atoms with E-state index in [1.807, 2.05) is 11.8 Å². The van der Waals surface area contributed by atoms with Gasteiger partial charge in [0.25, 0.3) is 5.91 Å². The number of carbonyl (C=O) groups is 1. The van der Waals surface area contributed by atoms with Crippen LogP contribution in [0.1, 0.15) is 40.6 Å². The normalized spacial score (nSPS) is 17.5. The van der Waals surface area contributed by atoms with Crippen LogP contribution in [0.4, 0.5) is 4.39 Å². The molecule has 0 radical (unpaired) electrons. The highest BCUT2D eigenvalue weighted by Gasteiger charge is 2.29. The molecule has 1 aliphatic heterocycles. The molecule has 4 rings (SSSR count). The van der Waals surface area contributed by atoms with Crippen molar-refractivity contribution in [3.05, 3.63) is 59.7 Å². The van der Waals surface area contributed by atoms with Gasteiger partial charge in [0, 0.05) is 36.0 Å². The number of imidazole rings is 1. The summed E-state index contributed by atoms with van der Waals surface area (Å²) in [5.41, 5.74) is 4.13. The predicted octanol–water partition coefficient (Wildman–Crippen LogP) is 3.27. The maximum Gasteiger partial charge on any atom is 0.274 e. The minimum atomic E-state index is -0.261. The average Bonchev–Trinajstić information content (AvgIpc) is 3.31. The number of rotatable bonds is 3. The summed E-state index contributed by atoms with van der Waals surface area (Å²) in [6.07, 6.45) is 5.20. The fraction of sp³-hybridized carbons (Fsp3) is 0.316. The molecule has 0 unspecified atom stereocenters. The fourth-order valence-corrected chi connectivity index (χ4v) is 3.59. The summed E-state index contributed by atoms with van der Waals surface area (Å²) in [6, 6.07) is 6.40. The Morgan fingerprint density at radius 3 is 2.85 bits per heavy atom. The topological polar surface area (TPSA) is 77.7 Å². The van der Waals surface area contributed by atoms with Crippen LogP contribution < -0.4 is 0 Å². The molecule has 6 nitrogen and oxygen atoms in total. The summed E-state index contributed by atoms with van der Waals surface area (Å²) in [7, 11) is 0. The number of carbonyl (C=O) groups excluding carboxylic acids is 1. The lowest BCUT2D eigenvalue weighted by atomic mass is 9.90. The van der Waals surface area contributed by atoms with Crippen molar-refractivity contribution in [1.29, 1.82) is 0 Å². The average molecular weight is 353 g/mol. The molecule has 0 bridgehead atoms. The zero-order valence-corrected chi connectivity index (χ0v) is 14.5. The standard InChI is InChI=1S/C19H20FN5O/c1-12-17(22-11-21-12)19(26)25-8-2-3-14(10-25)18-16(9-23-24-18)13-4-6-15(20)7-5-13/h4-7,9,11,14H,2-3,8,10H2,1H3,(H,21,22)(H,23,24)/t14-/m1/s1. The number of hydrogen-bond donors (Lipinski definition) is 2. The zero-order valence-electron chi connectivity index (χ0n) is 14.5. The molecule has 2 aromatic heterocycles. The first-order valence-electron chi connectivity index (χ1n) is 8.72. The van der Waals surface area contributed by atoms with Crippen molar-refractivity contribution in [3.63, 3.8) is 0 Å². The molecule has 1 fully saturated rings. The molecule has 2 N–H and O–H groups in total. The maximum atomic E-state index is 13.2. The van der Waals surface area contributed by atoms with E-state index >= 15 is 0 Å². The summed E-state index contributed by atoms with van der Waals surface area (Å²) >= 11 is 0. The summed E-state index contributed by atoms with van der Waals surface area (Å²) in [5, 5.41) is 7.28. The number of aromatic nitrogens is 4. The third kappa shape index (κ3) is 3.00. The maximum absolute atomic E-state index is 13.2. The number of halogens is 1. The summed E-state index contributed by atoms with van der Waals surface area (Å²) in [6.45, 7) is 3.19. The Kier molecular flexibility index (Phi) is 4.28. The van der Waals surface area contributed by atoms with Crippen molar-refractivity contribution >= 4 is 5.91 Å². The van der Waals surface area contributed by atoms with E-state index in [9.17, 15) is 9.18 Å². The van der Waals surface area contributed by atoms with Gasteiger partial charge in [-0.2, -0.15) is 5.10 Å². The van der Waals surface area contributed by atoms with Crippen LogP contribution in [0.3, 0.4) is 0 Å². The Labute approximate surface area is 150 Å². The van der Waals surface area contributed by atoms with Gasteiger partial charge in [-0.05, 0) is 37.5 Å². The lowest BCUT2D eigenvalue weighted by Gasteiger charge is -2.32. The van der Waals surface area contributed by atoms with Gasteiger partial charge in [-0.3, -0.25) is 9.89 Å². The lowest BCUT2D eigenvalue weighted by Crippen LogP contribution is -2.39. The molecule has 3 heterocycles. The van der Waals surface area contributed by atoms with Crippen molar-refractivity contribution in [2.45, 2.75) is 25.7 Å². The molecular weight excluding hydrogens is 333 g/mol. The van der Waals surface area contributed by atoms with Crippen LogP contribution in [0.5, 0.6) is 0 Å². The van der Waals surface area contributed by atoms with Crippen molar-refractivity contribution in [3.8, 4) is 11.1 Å². The second-order valence-corrected chi connectivity index (χ2v) is 6.67. The molecule has 3 aromatic rings. The van der Waals surface area contributed by atoms with Crippen molar-refractivity contribution < 1.29 is 9.18 Å². The van der Waals surface area contributed by atoms with E-state index in [0.29, 0.717) is 12.2 Å². The van der Waals surface area contributed by atoms with Crippen LogP contribution in [0.25, 0.3) is 11.1 Å². The zero-order chi connectivity index (χ0) is 18.1. The summed E-state index contributed by atoms with van der Waals surface area (Å²) < 4.78 is 13.2. The second kappa shape index (κ2) is 6.74. The number of amides is 1. The van der Waals surface area contributed by atoms with Gasteiger partial charge in [-0.25, -0.2) is 9.37 Å². The fourth-order valence-electron chi connectivity index (χ4n) is 3.59. The minimum Gasteiger partial charge on any atom is -0.348 e. The first-order valence-corrected chi connectivity index (χ1v) is 8.72. The minimum absolute atomic E-state index is 0.0451. The number of H-pyrrole nitrogens is 2. The number of aromatic amines is 2. The van der Waals surface area contributed by atoms with E-state index < -0.39 is 0 Å². The van der Waals surface area contributed by atoms with E-state index in [-0.39, 0.29) is 17.6 Å². The number of nitrogens with zero attached hydrogens (tertiary/aromatic N) is 3. The molecule has 134 valence electrons. The third-order valence-electron chi connectivity index (χ3n) is 4.97. The molecule has 1 aromatic carbocycles. The first kappa shape index (κ1) is 16.5. The highest BCUT2D eigenvalue weighted by molar-refractivity contribution is 5.93. The van der Waals surface area contributed by atoms with Crippen LogP contribution >= 0.6 is 0 Å². The Balaban J connectivity index is 1.57. The van der Waals surface area contributed by atoms with Crippen LogP contribution in [-0.2, 0) is 0 Å². The lowest BCUT2D eigenvalue weighted by molar-refractivity contribution is 0.0700. The molecule has 0 aliphatic carbocycles. The summed E-state index contributed by atoms with van der Waals surface area (Å²) in [5.74, 6) is -0.145. The number of benzene rings is 1. The number of hydrogen-bond acceptors (Lipinski definition) is 3. The van der Waals surface area contributed by atoms with Crippen LogP contribution in [0, 0.1) is 12.7 Å². The van der Waals surface area contributed by atoms with E-state index in [2.05, 4.69) is 20.2 Å². The number of aryl methyl sites for hydroxylation is 1. The van der Waals surface area contributed by atoms with Crippen molar-refractivity contribution in [2.24, 2.45) is 0 Å². The monoisotopic (exact) mass is 353 g/mol. The number of likely N-dealkylation sites (tertiary alicyclic amines) is 1. The number of piperidine rings is 1. The smallest absolute Gasteiger partial charge is 0.274 e. The Morgan fingerprint density at radius 1 is 1.31 bits per heavy atom. The second-order valence-electron chi connectivity index (χ2n) is 6.67.